The molecule has 0 aliphatic heterocycles. The number of hydrogen-bond donors (Lipinski definition) is 1. The van der Waals surface area contributed by atoms with Crippen molar-refractivity contribution in [1.82, 2.24) is 9.78 Å². The number of rotatable bonds is 3. The van der Waals surface area contributed by atoms with E-state index in [0.29, 0.717) is 12.3 Å². The van der Waals surface area contributed by atoms with Crippen molar-refractivity contribution >= 4 is 0 Å². The van der Waals surface area contributed by atoms with Gasteiger partial charge in [0.05, 0.1) is 11.8 Å². The second kappa shape index (κ2) is 4.35. The van der Waals surface area contributed by atoms with Crippen LogP contribution in [0.1, 0.15) is 31.9 Å². The highest BCUT2D eigenvalue weighted by molar-refractivity contribution is 5.01. The average Bonchev–Trinajstić information content (AvgIpc) is 2.75. The fourth-order valence-electron chi connectivity index (χ4n) is 2.55. The Hall–Kier alpha value is -0.830. The summed E-state index contributed by atoms with van der Waals surface area (Å²) in [5.41, 5.74) is 1.00. The summed E-state index contributed by atoms with van der Waals surface area (Å²) in [6, 6.07) is 1.99. The van der Waals surface area contributed by atoms with Gasteiger partial charge in [0.2, 0.25) is 0 Å². The van der Waals surface area contributed by atoms with Gasteiger partial charge in [0.15, 0.2) is 0 Å². The Balaban J connectivity index is 1.89. The third-order valence-electron chi connectivity index (χ3n) is 3.47. The number of nitrogens with zero attached hydrogens (tertiary/aromatic N) is 2. The Bertz CT molecular complexity index is 321. The van der Waals surface area contributed by atoms with Crippen LogP contribution in [0.25, 0.3) is 0 Å². The van der Waals surface area contributed by atoms with E-state index in [9.17, 15) is 5.11 Å². The minimum atomic E-state index is -0.204. The Morgan fingerprint density at radius 1 is 1.60 bits per heavy atom. The molecule has 15 heavy (non-hydrogen) atoms. The van der Waals surface area contributed by atoms with Crippen molar-refractivity contribution in [2.24, 2.45) is 18.9 Å². The molecule has 0 amide bonds. The van der Waals surface area contributed by atoms with E-state index in [1.165, 1.54) is 19.3 Å². The lowest BCUT2D eigenvalue weighted by Gasteiger charge is -2.16. The van der Waals surface area contributed by atoms with Crippen LogP contribution in [0.4, 0.5) is 0 Å². The number of aryl methyl sites for hydroxylation is 1. The first-order valence-corrected chi connectivity index (χ1v) is 5.81. The SMILES string of the molecule is CC1CCC(C(O)Cc2ccn(C)n2)C1. The molecule has 1 saturated carbocycles. The zero-order valence-corrected chi connectivity index (χ0v) is 9.56. The van der Waals surface area contributed by atoms with Gasteiger partial charge in [-0.3, -0.25) is 4.68 Å². The van der Waals surface area contributed by atoms with Crippen LogP contribution >= 0.6 is 0 Å². The van der Waals surface area contributed by atoms with E-state index in [0.717, 1.165) is 11.6 Å². The fraction of sp³-hybridized carbons (Fsp3) is 0.750. The van der Waals surface area contributed by atoms with Gasteiger partial charge in [0.1, 0.15) is 0 Å². The summed E-state index contributed by atoms with van der Waals surface area (Å²) >= 11 is 0. The minimum absolute atomic E-state index is 0.204. The predicted molar refractivity (Wildman–Crippen MR) is 59.4 cm³/mol. The molecule has 0 spiro atoms. The minimum Gasteiger partial charge on any atom is -0.392 e. The molecule has 2 rings (SSSR count). The topological polar surface area (TPSA) is 38.0 Å². The molecular weight excluding hydrogens is 188 g/mol. The maximum Gasteiger partial charge on any atom is 0.0650 e. The first kappa shape index (κ1) is 10.7. The summed E-state index contributed by atoms with van der Waals surface area (Å²) in [7, 11) is 1.91. The van der Waals surface area contributed by atoms with Crippen molar-refractivity contribution in [3.05, 3.63) is 18.0 Å². The molecule has 3 heteroatoms. The monoisotopic (exact) mass is 208 g/mol. The lowest BCUT2D eigenvalue weighted by molar-refractivity contribution is 0.108. The lowest BCUT2D eigenvalue weighted by atomic mass is 9.96. The molecule has 84 valence electrons. The average molecular weight is 208 g/mol. The number of hydrogen-bond acceptors (Lipinski definition) is 2. The molecular formula is C12H20N2O. The number of aromatic nitrogens is 2. The predicted octanol–water partition coefficient (Wildman–Crippen LogP) is 1.76. The van der Waals surface area contributed by atoms with Crippen LogP contribution in [0.5, 0.6) is 0 Å². The normalized spacial score (nSPS) is 28.2. The number of aliphatic hydroxyl groups is 1. The third kappa shape index (κ3) is 2.59. The lowest BCUT2D eigenvalue weighted by Crippen LogP contribution is -2.21. The molecule has 1 N–H and O–H groups in total. The van der Waals surface area contributed by atoms with E-state index in [1.54, 1.807) is 4.68 Å². The van der Waals surface area contributed by atoms with Gasteiger partial charge in [0.25, 0.3) is 0 Å². The van der Waals surface area contributed by atoms with Gasteiger partial charge in [-0.2, -0.15) is 5.10 Å². The molecule has 1 aliphatic rings. The Kier molecular flexibility index (Phi) is 3.10. The van der Waals surface area contributed by atoms with E-state index in [1.807, 2.05) is 19.3 Å². The van der Waals surface area contributed by atoms with Gasteiger partial charge in [-0.1, -0.05) is 13.3 Å². The van der Waals surface area contributed by atoms with E-state index >= 15 is 0 Å². The Morgan fingerprint density at radius 2 is 2.40 bits per heavy atom. The van der Waals surface area contributed by atoms with Crippen LogP contribution < -0.4 is 0 Å². The van der Waals surface area contributed by atoms with Crippen LogP contribution in [0, 0.1) is 11.8 Å². The highest BCUT2D eigenvalue weighted by atomic mass is 16.3. The summed E-state index contributed by atoms with van der Waals surface area (Å²) in [5, 5.41) is 14.4. The van der Waals surface area contributed by atoms with Crippen LogP contribution in [0.2, 0.25) is 0 Å². The van der Waals surface area contributed by atoms with Crippen molar-refractivity contribution in [3.8, 4) is 0 Å². The van der Waals surface area contributed by atoms with Crippen LogP contribution in [0.3, 0.4) is 0 Å². The molecule has 1 aromatic rings. The highest BCUT2D eigenvalue weighted by Crippen LogP contribution is 2.33. The van der Waals surface area contributed by atoms with Gasteiger partial charge in [-0.15, -0.1) is 0 Å². The Morgan fingerprint density at radius 3 is 2.93 bits per heavy atom. The second-order valence-electron chi connectivity index (χ2n) is 4.93. The second-order valence-corrected chi connectivity index (χ2v) is 4.93. The van der Waals surface area contributed by atoms with E-state index < -0.39 is 0 Å². The van der Waals surface area contributed by atoms with Crippen LogP contribution in [-0.2, 0) is 13.5 Å². The molecule has 1 aliphatic carbocycles. The summed E-state index contributed by atoms with van der Waals surface area (Å²) in [5.74, 6) is 1.27. The standard InChI is InChI=1S/C12H20N2O/c1-9-3-4-10(7-9)12(15)8-11-5-6-14(2)13-11/h5-6,9-10,12,15H,3-4,7-8H2,1-2H3. The van der Waals surface area contributed by atoms with Crippen molar-refractivity contribution in [1.29, 1.82) is 0 Å². The smallest absolute Gasteiger partial charge is 0.0650 e. The molecule has 1 fully saturated rings. The molecule has 0 radical (unpaired) electrons. The zero-order chi connectivity index (χ0) is 10.8. The highest BCUT2D eigenvalue weighted by Gasteiger charge is 2.27. The van der Waals surface area contributed by atoms with Crippen LogP contribution in [0.15, 0.2) is 12.3 Å². The van der Waals surface area contributed by atoms with Crippen LogP contribution in [-0.4, -0.2) is 21.0 Å². The van der Waals surface area contributed by atoms with E-state index in [4.69, 9.17) is 0 Å². The fourth-order valence-corrected chi connectivity index (χ4v) is 2.55. The van der Waals surface area contributed by atoms with Gasteiger partial charge in [-0.25, -0.2) is 0 Å². The first-order chi connectivity index (χ1) is 7.15. The van der Waals surface area contributed by atoms with Crippen molar-refractivity contribution in [2.45, 2.75) is 38.7 Å². The van der Waals surface area contributed by atoms with Gasteiger partial charge in [0, 0.05) is 19.7 Å². The summed E-state index contributed by atoms with van der Waals surface area (Å²) in [4.78, 5) is 0. The molecule has 1 heterocycles. The maximum atomic E-state index is 10.1. The van der Waals surface area contributed by atoms with Gasteiger partial charge < -0.3 is 5.11 Å². The summed E-state index contributed by atoms with van der Waals surface area (Å²) in [6.45, 7) is 2.27. The molecule has 3 unspecified atom stereocenters. The van der Waals surface area contributed by atoms with Gasteiger partial charge >= 0.3 is 0 Å². The molecule has 0 bridgehead atoms. The quantitative estimate of drug-likeness (QED) is 0.822. The van der Waals surface area contributed by atoms with Gasteiger partial charge in [-0.05, 0) is 30.7 Å². The van der Waals surface area contributed by atoms with Crippen molar-refractivity contribution < 1.29 is 5.11 Å². The summed E-state index contributed by atoms with van der Waals surface area (Å²) in [6.07, 6.45) is 6.05. The molecule has 3 nitrogen and oxygen atoms in total. The van der Waals surface area contributed by atoms with Crippen molar-refractivity contribution in [3.63, 3.8) is 0 Å². The molecule has 0 saturated heterocycles. The summed E-state index contributed by atoms with van der Waals surface area (Å²) < 4.78 is 1.79. The zero-order valence-electron chi connectivity index (χ0n) is 9.56. The van der Waals surface area contributed by atoms with E-state index in [2.05, 4.69) is 12.0 Å². The third-order valence-corrected chi connectivity index (χ3v) is 3.47. The van der Waals surface area contributed by atoms with E-state index in [-0.39, 0.29) is 6.10 Å². The Labute approximate surface area is 91.1 Å². The maximum absolute atomic E-state index is 10.1. The number of aliphatic hydroxyl groups excluding tert-OH is 1. The molecule has 1 aromatic heterocycles. The first-order valence-electron chi connectivity index (χ1n) is 5.81. The van der Waals surface area contributed by atoms with Crippen molar-refractivity contribution in [2.75, 3.05) is 0 Å². The molecule has 0 aromatic carbocycles. The molecule has 3 atom stereocenters. The largest absolute Gasteiger partial charge is 0.392 e.